The summed E-state index contributed by atoms with van der Waals surface area (Å²) < 4.78 is 1.97. The highest BCUT2D eigenvalue weighted by atomic mass is 15.6. The topological polar surface area (TPSA) is 46.8 Å². The summed E-state index contributed by atoms with van der Waals surface area (Å²) >= 11 is 0. The molecule has 0 bridgehead atoms. The summed E-state index contributed by atoms with van der Waals surface area (Å²) in [6.45, 7) is 8.65. The fourth-order valence-corrected chi connectivity index (χ4v) is 3.18. The minimum Gasteiger partial charge on any atom is -0.290 e. The Morgan fingerprint density at radius 3 is 2.32 bits per heavy atom. The summed E-state index contributed by atoms with van der Waals surface area (Å²) in [6, 6.07) is 10.7. The van der Waals surface area contributed by atoms with Crippen molar-refractivity contribution in [2.75, 3.05) is 13.1 Å². The smallest absolute Gasteiger partial charge is 0.173 e. The van der Waals surface area contributed by atoms with Crippen molar-refractivity contribution in [3.05, 3.63) is 41.7 Å². The van der Waals surface area contributed by atoms with Crippen molar-refractivity contribution in [3.63, 3.8) is 0 Å². The largest absolute Gasteiger partial charge is 0.290 e. The zero-order valence-electron chi connectivity index (χ0n) is 13.7. The molecule has 1 atom stereocenters. The molecule has 0 saturated carbocycles. The van der Waals surface area contributed by atoms with E-state index in [2.05, 4.69) is 71.5 Å². The van der Waals surface area contributed by atoms with Gasteiger partial charge in [0.2, 0.25) is 0 Å². The Bertz CT molecular complexity index is 593. The van der Waals surface area contributed by atoms with Gasteiger partial charge in [0.05, 0.1) is 11.6 Å². The summed E-state index contributed by atoms with van der Waals surface area (Å²) in [6.07, 6.45) is 3.82. The van der Waals surface area contributed by atoms with Crippen LogP contribution >= 0.6 is 0 Å². The zero-order valence-corrected chi connectivity index (χ0v) is 13.7. The molecule has 0 unspecified atom stereocenters. The van der Waals surface area contributed by atoms with Crippen molar-refractivity contribution >= 4 is 0 Å². The highest BCUT2D eigenvalue weighted by molar-refractivity contribution is 5.25. The lowest BCUT2D eigenvalue weighted by Crippen LogP contribution is -2.38. The molecule has 1 fully saturated rings. The second-order valence-electron chi connectivity index (χ2n) is 7.03. The number of piperidine rings is 1. The monoisotopic (exact) mass is 299 g/mol. The third-order valence-electron chi connectivity index (χ3n) is 4.24. The van der Waals surface area contributed by atoms with Gasteiger partial charge in [0.15, 0.2) is 5.82 Å². The van der Waals surface area contributed by atoms with Gasteiger partial charge in [-0.2, -0.15) is 0 Å². The molecule has 1 aromatic carbocycles. The molecule has 0 N–H and O–H groups in total. The fourth-order valence-electron chi connectivity index (χ4n) is 3.18. The first-order chi connectivity index (χ1) is 10.6. The molecule has 1 aromatic heterocycles. The van der Waals surface area contributed by atoms with E-state index in [1.165, 1.54) is 24.8 Å². The number of aromatic nitrogens is 4. The molecule has 1 aliphatic rings. The van der Waals surface area contributed by atoms with Crippen LogP contribution in [-0.2, 0) is 5.54 Å². The van der Waals surface area contributed by atoms with Gasteiger partial charge in [0.1, 0.15) is 0 Å². The van der Waals surface area contributed by atoms with Gasteiger partial charge in [-0.3, -0.25) is 4.90 Å². The Kier molecular flexibility index (Phi) is 4.25. The summed E-state index contributed by atoms with van der Waals surface area (Å²) in [5, 5.41) is 12.6. The molecule has 1 aliphatic heterocycles. The van der Waals surface area contributed by atoms with E-state index >= 15 is 0 Å². The van der Waals surface area contributed by atoms with E-state index in [4.69, 9.17) is 0 Å². The van der Waals surface area contributed by atoms with Gasteiger partial charge >= 0.3 is 0 Å². The number of tetrazole rings is 1. The molecule has 2 heterocycles. The van der Waals surface area contributed by atoms with Crippen LogP contribution < -0.4 is 0 Å². The molecule has 0 radical (unpaired) electrons. The van der Waals surface area contributed by atoms with Crippen LogP contribution in [0.5, 0.6) is 0 Å². The van der Waals surface area contributed by atoms with Gasteiger partial charge in [0.25, 0.3) is 0 Å². The third-order valence-corrected chi connectivity index (χ3v) is 4.24. The average Bonchev–Trinajstić information content (AvgIpc) is 2.99. The first-order valence-electron chi connectivity index (χ1n) is 8.15. The Labute approximate surface area is 132 Å². The van der Waals surface area contributed by atoms with Crippen molar-refractivity contribution in [2.24, 2.45) is 0 Å². The van der Waals surface area contributed by atoms with Gasteiger partial charge in [-0.05, 0) is 62.7 Å². The molecular formula is C17H25N5. The standard InChI is InChI=1S/C17H25N5/c1-17(2,3)22-16(18-19-20-22)15(14-10-6-4-7-11-14)21-12-8-5-9-13-21/h4,6-7,10-11,15H,5,8-9,12-13H2,1-3H3/t15-/m1/s1. The Morgan fingerprint density at radius 1 is 1.00 bits per heavy atom. The Balaban J connectivity index is 2.04. The van der Waals surface area contributed by atoms with E-state index in [0.717, 1.165) is 18.9 Å². The highest BCUT2D eigenvalue weighted by Gasteiger charge is 2.31. The highest BCUT2D eigenvalue weighted by Crippen LogP contribution is 2.31. The summed E-state index contributed by atoms with van der Waals surface area (Å²) in [7, 11) is 0. The predicted molar refractivity (Wildman–Crippen MR) is 86.5 cm³/mol. The summed E-state index contributed by atoms with van der Waals surface area (Å²) in [5.74, 6) is 0.945. The van der Waals surface area contributed by atoms with E-state index in [1.54, 1.807) is 0 Å². The third kappa shape index (κ3) is 3.04. The van der Waals surface area contributed by atoms with Gasteiger partial charge < -0.3 is 0 Å². The maximum Gasteiger partial charge on any atom is 0.173 e. The van der Waals surface area contributed by atoms with Gasteiger partial charge in [0, 0.05) is 0 Å². The van der Waals surface area contributed by atoms with E-state index in [-0.39, 0.29) is 11.6 Å². The van der Waals surface area contributed by atoms with E-state index in [9.17, 15) is 0 Å². The van der Waals surface area contributed by atoms with E-state index < -0.39 is 0 Å². The van der Waals surface area contributed by atoms with Crippen molar-refractivity contribution in [1.29, 1.82) is 0 Å². The van der Waals surface area contributed by atoms with Crippen molar-refractivity contribution < 1.29 is 0 Å². The molecule has 0 amide bonds. The second-order valence-corrected chi connectivity index (χ2v) is 7.03. The molecule has 0 spiro atoms. The molecule has 0 aliphatic carbocycles. The summed E-state index contributed by atoms with van der Waals surface area (Å²) in [4.78, 5) is 2.52. The number of hydrogen-bond acceptors (Lipinski definition) is 4. The minimum absolute atomic E-state index is 0.123. The maximum atomic E-state index is 4.39. The van der Waals surface area contributed by atoms with Crippen LogP contribution in [0.2, 0.25) is 0 Å². The van der Waals surface area contributed by atoms with Gasteiger partial charge in [-0.25, -0.2) is 4.68 Å². The quantitative estimate of drug-likeness (QED) is 0.874. The summed E-state index contributed by atoms with van der Waals surface area (Å²) in [5.41, 5.74) is 1.14. The van der Waals surface area contributed by atoms with Crippen LogP contribution in [0.4, 0.5) is 0 Å². The number of likely N-dealkylation sites (tertiary alicyclic amines) is 1. The molecular weight excluding hydrogens is 274 g/mol. The molecule has 22 heavy (non-hydrogen) atoms. The zero-order chi connectivity index (χ0) is 15.6. The number of nitrogens with zero attached hydrogens (tertiary/aromatic N) is 5. The SMILES string of the molecule is CC(C)(C)n1nnnc1[C@@H](c1ccccc1)N1CCCCC1. The Morgan fingerprint density at radius 2 is 1.68 bits per heavy atom. The normalized spacial score (nSPS) is 18.3. The fraction of sp³-hybridized carbons (Fsp3) is 0.588. The maximum absolute atomic E-state index is 4.39. The molecule has 1 saturated heterocycles. The van der Waals surface area contributed by atoms with Crippen molar-refractivity contribution in [3.8, 4) is 0 Å². The van der Waals surface area contributed by atoms with E-state index in [0.29, 0.717) is 0 Å². The predicted octanol–water partition coefficient (Wildman–Crippen LogP) is 3.00. The van der Waals surface area contributed by atoms with Gasteiger partial charge in [-0.1, -0.05) is 36.8 Å². The first kappa shape index (κ1) is 15.2. The Hall–Kier alpha value is -1.75. The first-order valence-corrected chi connectivity index (χ1v) is 8.15. The van der Waals surface area contributed by atoms with Crippen LogP contribution in [0.3, 0.4) is 0 Å². The van der Waals surface area contributed by atoms with Crippen LogP contribution in [0.25, 0.3) is 0 Å². The van der Waals surface area contributed by atoms with E-state index in [1.807, 2.05) is 4.68 Å². The number of benzene rings is 1. The van der Waals surface area contributed by atoms with Crippen LogP contribution in [0.15, 0.2) is 30.3 Å². The lowest BCUT2D eigenvalue weighted by atomic mass is 10.00. The molecule has 3 rings (SSSR count). The van der Waals surface area contributed by atoms with Crippen LogP contribution in [0, 0.1) is 0 Å². The molecule has 5 heteroatoms. The molecule has 118 valence electrons. The average molecular weight is 299 g/mol. The number of rotatable bonds is 3. The van der Waals surface area contributed by atoms with Crippen molar-refractivity contribution in [1.82, 2.24) is 25.1 Å². The lowest BCUT2D eigenvalue weighted by Gasteiger charge is -2.35. The van der Waals surface area contributed by atoms with Crippen LogP contribution in [-0.4, -0.2) is 38.2 Å². The lowest BCUT2D eigenvalue weighted by molar-refractivity contribution is 0.170. The second kappa shape index (κ2) is 6.16. The minimum atomic E-state index is -0.123. The van der Waals surface area contributed by atoms with Crippen LogP contribution in [0.1, 0.15) is 57.5 Å². The van der Waals surface area contributed by atoms with Gasteiger partial charge in [-0.15, -0.1) is 5.10 Å². The number of hydrogen-bond donors (Lipinski definition) is 0. The molecule has 2 aromatic rings. The van der Waals surface area contributed by atoms with Crippen molar-refractivity contribution in [2.45, 2.75) is 51.6 Å². The molecule has 5 nitrogen and oxygen atoms in total.